The van der Waals surface area contributed by atoms with Crippen molar-refractivity contribution in [2.24, 2.45) is 0 Å². The predicted octanol–water partition coefficient (Wildman–Crippen LogP) is 5.25. The van der Waals surface area contributed by atoms with Crippen LogP contribution >= 0.6 is 12.2 Å². The molecule has 0 saturated carbocycles. The Labute approximate surface area is 212 Å². The third kappa shape index (κ3) is 3.74. The highest BCUT2D eigenvalue weighted by molar-refractivity contribution is 7.80. The van der Waals surface area contributed by atoms with E-state index in [0.29, 0.717) is 28.1 Å². The lowest BCUT2D eigenvalue weighted by Gasteiger charge is -2.26. The lowest BCUT2D eigenvalue weighted by molar-refractivity contribution is 0.0696. The molecule has 1 fully saturated rings. The maximum Gasteiger partial charge on any atom is 0.335 e. The van der Waals surface area contributed by atoms with E-state index >= 15 is 0 Å². The van der Waals surface area contributed by atoms with Gasteiger partial charge in [0, 0.05) is 23.5 Å². The molecule has 4 heterocycles. The Kier molecular flexibility index (Phi) is 5.34. The van der Waals surface area contributed by atoms with E-state index in [1.165, 1.54) is 0 Å². The molecule has 0 amide bonds. The minimum Gasteiger partial charge on any atom is -0.478 e. The van der Waals surface area contributed by atoms with Crippen LogP contribution in [-0.2, 0) is 0 Å². The number of rotatable bonds is 5. The lowest BCUT2D eigenvalue weighted by atomic mass is 10.0. The van der Waals surface area contributed by atoms with Crippen LogP contribution in [0.5, 0.6) is 11.5 Å². The van der Waals surface area contributed by atoms with E-state index < -0.39 is 5.97 Å². The standard InChI is InChI=1S/C27H21N3O5S/c1-15-12-16(26(31)32)5-7-18(15)20-9-10-22(35-20)25-24(19-4-2-3-11-28-19)29-27(36)30(25)17-6-8-21-23(13-17)34-14-33-21/h2-13,24-25H,14H2,1H3,(H,29,36)(H,31,32)/t24-,25-/m0/s1. The van der Waals surface area contributed by atoms with Gasteiger partial charge in [0.05, 0.1) is 17.3 Å². The normalized spacial score (nSPS) is 18.4. The molecule has 0 spiro atoms. The van der Waals surface area contributed by atoms with E-state index in [0.717, 1.165) is 22.5 Å². The number of carboxylic acids is 1. The predicted molar refractivity (Wildman–Crippen MR) is 136 cm³/mol. The number of thiocarbonyl (C=S) groups is 1. The van der Waals surface area contributed by atoms with E-state index in [4.69, 9.17) is 26.1 Å². The van der Waals surface area contributed by atoms with E-state index in [1.54, 1.807) is 24.4 Å². The summed E-state index contributed by atoms with van der Waals surface area (Å²) in [6.07, 6.45) is 1.75. The summed E-state index contributed by atoms with van der Waals surface area (Å²) in [6.45, 7) is 2.05. The number of carbonyl (C=O) groups is 1. The molecule has 9 heteroatoms. The Hall–Kier alpha value is -4.37. The van der Waals surface area contributed by atoms with E-state index in [-0.39, 0.29) is 24.4 Å². The van der Waals surface area contributed by atoms with Crippen molar-refractivity contribution in [2.45, 2.75) is 19.0 Å². The molecule has 6 rings (SSSR count). The zero-order chi connectivity index (χ0) is 24.8. The molecule has 2 aliphatic heterocycles. The van der Waals surface area contributed by atoms with Crippen LogP contribution in [0.1, 0.15) is 39.5 Å². The summed E-state index contributed by atoms with van der Waals surface area (Å²) in [4.78, 5) is 17.9. The van der Waals surface area contributed by atoms with Crippen molar-refractivity contribution in [1.82, 2.24) is 10.3 Å². The number of anilines is 1. The maximum atomic E-state index is 11.4. The average molecular weight is 500 g/mol. The van der Waals surface area contributed by atoms with Crippen molar-refractivity contribution in [2.75, 3.05) is 11.7 Å². The van der Waals surface area contributed by atoms with Gasteiger partial charge in [-0.3, -0.25) is 4.98 Å². The smallest absolute Gasteiger partial charge is 0.335 e. The highest BCUT2D eigenvalue weighted by Crippen LogP contribution is 2.45. The van der Waals surface area contributed by atoms with Gasteiger partial charge in [-0.15, -0.1) is 0 Å². The average Bonchev–Trinajstić information content (AvgIpc) is 3.62. The zero-order valence-electron chi connectivity index (χ0n) is 19.2. The first kappa shape index (κ1) is 22.1. The van der Waals surface area contributed by atoms with Gasteiger partial charge in [-0.1, -0.05) is 12.1 Å². The summed E-state index contributed by atoms with van der Waals surface area (Å²) in [5, 5.41) is 13.3. The number of pyridine rings is 1. The number of ether oxygens (including phenoxy) is 2. The topological polar surface area (TPSA) is 97.1 Å². The van der Waals surface area contributed by atoms with Crippen LogP contribution in [0.2, 0.25) is 0 Å². The first-order valence-electron chi connectivity index (χ1n) is 11.3. The molecule has 0 unspecified atom stereocenters. The Balaban J connectivity index is 1.43. The second-order valence-corrected chi connectivity index (χ2v) is 8.96. The quantitative estimate of drug-likeness (QED) is 0.357. The maximum absolute atomic E-state index is 11.4. The first-order chi connectivity index (χ1) is 17.5. The van der Waals surface area contributed by atoms with E-state index in [1.807, 2.05) is 60.4 Å². The molecule has 4 aromatic rings. The number of hydrogen-bond acceptors (Lipinski definition) is 6. The Morgan fingerprint density at radius 1 is 1.08 bits per heavy atom. The fourth-order valence-electron chi connectivity index (χ4n) is 4.69. The second kappa shape index (κ2) is 8.69. The molecule has 36 heavy (non-hydrogen) atoms. The van der Waals surface area contributed by atoms with Gasteiger partial charge in [-0.25, -0.2) is 4.79 Å². The Bertz CT molecular complexity index is 1490. The minimum absolute atomic E-state index is 0.184. The fourth-order valence-corrected chi connectivity index (χ4v) is 5.03. The summed E-state index contributed by atoms with van der Waals surface area (Å²) in [7, 11) is 0. The zero-order valence-corrected chi connectivity index (χ0v) is 20.0. The number of aromatic nitrogens is 1. The highest BCUT2D eigenvalue weighted by Gasteiger charge is 2.43. The third-order valence-corrected chi connectivity index (χ3v) is 6.70. The van der Waals surface area contributed by atoms with Crippen molar-refractivity contribution < 1.29 is 23.8 Å². The molecule has 2 aliphatic rings. The first-order valence-corrected chi connectivity index (χ1v) is 11.7. The molecular formula is C27H21N3O5S. The molecule has 2 aromatic carbocycles. The third-order valence-electron chi connectivity index (χ3n) is 6.39. The summed E-state index contributed by atoms with van der Waals surface area (Å²) < 4.78 is 17.5. The van der Waals surface area contributed by atoms with Crippen molar-refractivity contribution in [3.8, 4) is 22.8 Å². The van der Waals surface area contributed by atoms with Gasteiger partial charge in [0.15, 0.2) is 16.6 Å². The molecule has 180 valence electrons. The van der Waals surface area contributed by atoms with Crippen LogP contribution in [-0.4, -0.2) is 28.0 Å². The Morgan fingerprint density at radius 2 is 1.94 bits per heavy atom. The molecule has 8 nitrogen and oxygen atoms in total. The van der Waals surface area contributed by atoms with Crippen LogP contribution in [0, 0.1) is 6.92 Å². The largest absolute Gasteiger partial charge is 0.478 e. The molecule has 1 saturated heterocycles. The number of aromatic carboxylic acids is 1. The number of aryl methyl sites for hydroxylation is 1. The van der Waals surface area contributed by atoms with Crippen LogP contribution in [0.25, 0.3) is 11.3 Å². The number of carboxylic acid groups (broad SMARTS) is 1. The van der Waals surface area contributed by atoms with Crippen molar-refractivity contribution in [3.63, 3.8) is 0 Å². The lowest BCUT2D eigenvalue weighted by Crippen LogP contribution is -2.29. The Morgan fingerprint density at radius 3 is 2.72 bits per heavy atom. The number of nitrogens with zero attached hydrogens (tertiary/aromatic N) is 2. The van der Waals surface area contributed by atoms with Crippen molar-refractivity contribution in [3.05, 3.63) is 95.5 Å². The number of fused-ring (bicyclic) bond motifs is 1. The molecule has 0 radical (unpaired) electrons. The second-order valence-electron chi connectivity index (χ2n) is 8.57. The van der Waals surface area contributed by atoms with Crippen LogP contribution in [0.4, 0.5) is 5.69 Å². The fraction of sp³-hybridized carbons (Fsp3) is 0.148. The summed E-state index contributed by atoms with van der Waals surface area (Å²) in [5.74, 6) is 1.71. The molecule has 2 aromatic heterocycles. The SMILES string of the molecule is Cc1cc(C(=O)O)ccc1-c1ccc([C@H]2[C@H](c3ccccn3)NC(=S)N2c2ccc3c(c2)OCO3)o1. The summed E-state index contributed by atoms with van der Waals surface area (Å²) in [6, 6.07) is 19.7. The number of benzene rings is 2. The highest BCUT2D eigenvalue weighted by atomic mass is 32.1. The number of nitrogens with one attached hydrogen (secondary N) is 1. The van der Waals surface area contributed by atoms with Crippen molar-refractivity contribution >= 4 is 29.0 Å². The van der Waals surface area contributed by atoms with Crippen LogP contribution < -0.4 is 19.7 Å². The molecule has 2 N–H and O–H groups in total. The number of furan rings is 1. The van der Waals surface area contributed by atoms with Gasteiger partial charge in [-0.2, -0.15) is 0 Å². The molecule has 0 bridgehead atoms. The molecule has 2 atom stereocenters. The molecule has 0 aliphatic carbocycles. The van der Waals surface area contributed by atoms with E-state index in [9.17, 15) is 9.90 Å². The minimum atomic E-state index is -0.965. The van der Waals surface area contributed by atoms with Gasteiger partial charge >= 0.3 is 5.97 Å². The van der Waals surface area contributed by atoms with E-state index in [2.05, 4.69) is 10.3 Å². The van der Waals surface area contributed by atoms with Crippen LogP contribution in [0.15, 0.2) is 77.3 Å². The summed E-state index contributed by atoms with van der Waals surface area (Å²) >= 11 is 5.78. The monoisotopic (exact) mass is 499 g/mol. The van der Waals surface area contributed by atoms with Gasteiger partial charge in [0.2, 0.25) is 6.79 Å². The number of hydrogen-bond donors (Lipinski definition) is 2. The van der Waals surface area contributed by atoms with Gasteiger partial charge in [-0.05, 0) is 73.2 Å². The summed E-state index contributed by atoms with van der Waals surface area (Å²) in [5.41, 5.74) is 3.53. The van der Waals surface area contributed by atoms with Gasteiger partial charge < -0.3 is 29.2 Å². The molecular weight excluding hydrogens is 478 g/mol. The van der Waals surface area contributed by atoms with Gasteiger partial charge in [0.1, 0.15) is 17.6 Å². The van der Waals surface area contributed by atoms with Crippen LogP contribution in [0.3, 0.4) is 0 Å². The van der Waals surface area contributed by atoms with Crippen molar-refractivity contribution in [1.29, 1.82) is 0 Å². The van der Waals surface area contributed by atoms with Gasteiger partial charge in [0.25, 0.3) is 0 Å².